The van der Waals surface area contributed by atoms with E-state index in [1.807, 2.05) is 24.3 Å². The van der Waals surface area contributed by atoms with E-state index < -0.39 is 5.82 Å². The number of para-hydroxylation sites is 2. The predicted octanol–water partition coefficient (Wildman–Crippen LogP) is 3.95. The number of benzene rings is 3. The molecule has 3 aromatic carbocycles. The number of fused-ring (bicyclic) bond motifs is 1. The van der Waals surface area contributed by atoms with Crippen LogP contribution in [0, 0.1) is 5.82 Å². The summed E-state index contributed by atoms with van der Waals surface area (Å²) in [5.74, 6) is 0.471. The van der Waals surface area contributed by atoms with Gasteiger partial charge in [0, 0.05) is 5.56 Å². The second-order valence-electron chi connectivity index (χ2n) is 6.22. The van der Waals surface area contributed by atoms with Crippen molar-refractivity contribution in [3.63, 3.8) is 0 Å². The molecular formula is C22H18FN3O2. The largest absolute Gasteiger partial charge is 0.496 e. The standard InChI is InChI=1S/C22H18FN3O2/c1-28-20-13-7-2-8-15(20)14-24-26-21(16-9-3-5-11-18(16)23)25-19-12-6-4-10-17(19)22(26)27/h2-13,24H,14H2,1H3. The Morgan fingerprint density at radius 3 is 2.54 bits per heavy atom. The number of halogens is 1. The number of aromatic nitrogens is 2. The molecule has 0 aliphatic rings. The molecule has 6 heteroatoms. The fourth-order valence-corrected chi connectivity index (χ4v) is 3.12. The third kappa shape index (κ3) is 3.20. The SMILES string of the molecule is COc1ccccc1CNn1c(-c2ccccc2F)nc2ccccc2c1=O. The van der Waals surface area contributed by atoms with Gasteiger partial charge in [-0.2, -0.15) is 0 Å². The zero-order chi connectivity index (χ0) is 19.5. The van der Waals surface area contributed by atoms with Gasteiger partial charge in [0.15, 0.2) is 5.82 Å². The average molecular weight is 375 g/mol. The van der Waals surface area contributed by atoms with Crippen molar-refractivity contribution in [3.8, 4) is 17.1 Å². The maximum absolute atomic E-state index is 14.5. The van der Waals surface area contributed by atoms with E-state index in [0.29, 0.717) is 23.2 Å². The average Bonchev–Trinajstić information content (AvgIpc) is 2.73. The van der Waals surface area contributed by atoms with Gasteiger partial charge in [-0.1, -0.05) is 42.5 Å². The summed E-state index contributed by atoms with van der Waals surface area (Å²) in [6.45, 7) is 0.311. The molecular weight excluding hydrogens is 357 g/mol. The Labute approximate surface area is 161 Å². The second kappa shape index (κ2) is 7.52. The van der Waals surface area contributed by atoms with E-state index in [1.165, 1.54) is 10.7 Å². The summed E-state index contributed by atoms with van der Waals surface area (Å²) in [6, 6.07) is 20.8. The Balaban J connectivity index is 1.86. The number of hydrogen-bond acceptors (Lipinski definition) is 4. The van der Waals surface area contributed by atoms with Crippen LogP contribution in [0.15, 0.2) is 77.6 Å². The van der Waals surface area contributed by atoms with Gasteiger partial charge in [-0.3, -0.25) is 4.79 Å². The smallest absolute Gasteiger partial charge is 0.280 e. The molecule has 0 radical (unpaired) electrons. The van der Waals surface area contributed by atoms with E-state index >= 15 is 0 Å². The Morgan fingerprint density at radius 2 is 1.71 bits per heavy atom. The minimum atomic E-state index is -0.447. The van der Waals surface area contributed by atoms with E-state index in [4.69, 9.17) is 4.74 Å². The lowest BCUT2D eigenvalue weighted by Gasteiger charge is -2.17. The molecule has 140 valence electrons. The summed E-state index contributed by atoms with van der Waals surface area (Å²) in [7, 11) is 1.59. The molecule has 0 unspecified atom stereocenters. The number of nitrogens with one attached hydrogen (secondary N) is 1. The predicted molar refractivity (Wildman–Crippen MR) is 107 cm³/mol. The molecule has 1 heterocycles. The van der Waals surface area contributed by atoms with E-state index in [9.17, 15) is 9.18 Å². The summed E-state index contributed by atoms with van der Waals surface area (Å²) >= 11 is 0. The maximum atomic E-state index is 14.5. The van der Waals surface area contributed by atoms with Crippen LogP contribution in [0.5, 0.6) is 5.75 Å². The highest BCUT2D eigenvalue weighted by atomic mass is 19.1. The molecule has 0 bridgehead atoms. The van der Waals surface area contributed by atoms with Gasteiger partial charge >= 0.3 is 0 Å². The first-order valence-corrected chi connectivity index (χ1v) is 8.81. The Kier molecular flexibility index (Phi) is 4.76. The van der Waals surface area contributed by atoms with Gasteiger partial charge in [0.1, 0.15) is 11.6 Å². The fourth-order valence-electron chi connectivity index (χ4n) is 3.12. The fraction of sp³-hybridized carbons (Fsp3) is 0.0909. The monoisotopic (exact) mass is 375 g/mol. The third-order valence-corrected chi connectivity index (χ3v) is 4.51. The van der Waals surface area contributed by atoms with Crippen LogP contribution in [0.3, 0.4) is 0 Å². The Morgan fingerprint density at radius 1 is 1.00 bits per heavy atom. The van der Waals surface area contributed by atoms with Crippen molar-refractivity contribution in [2.24, 2.45) is 0 Å². The van der Waals surface area contributed by atoms with Crippen LogP contribution >= 0.6 is 0 Å². The van der Waals surface area contributed by atoms with Crippen molar-refractivity contribution in [1.82, 2.24) is 9.66 Å². The highest BCUT2D eigenvalue weighted by Gasteiger charge is 2.16. The number of hydrogen-bond donors (Lipinski definition) is 1. The van der Waals surface area contributed by atoms with Crippen LogP contribution in [-0.2, 0) is 6.54 Å². The number of methoxy groups -OCH3 is 1. The molecule has 0 fully saturated rings. The molecule has 0 aliphatic heterocycles. The molecule has 1 N–H and O–H groups in total. The van der Waals surface area contributed by atoms with Crippen molar-refractivity contribution in [1.29, 1.82) is 0 Å². The van der Waals surface area contributed by atoms with Crippen molar-refractivity contribution in [3.05, 3.63) is 94.5 Å². The molecule has 5 nitrogen and oxygen atoms in total. The van der Waals surface area contributed by atoms with Gasteiger partial charge in [0.25, 0.3) is 5.56 Å². The molecule has 0 saturated heterocycles. The molecule has 4 rings (SSSR count). The molecule has 1 aromatic heterocycles. The van der Waals surface area contributed by atoms with Crippen LogP contribution < -0.4 is 15.7 Å². The number of ether oxygens (including phenoxy) is 1. The van der Waals surface area contributed by atoms with Gasteiger partial charge in [0.05, 0.1) is 30.1 Å². The first-order valence-electron chi connectivity index (χ1n) is 8.81. The maximum Gasteiger partial charge on any atom is 0.280 e. The van der Waals surface area contributed by atoms with Crippen LogP contribution in [0.2, 0.25) is 0 Å². The Bertz CT molecular complexity index is 1200. The van der Waals surface area contributed by atoms with Gasteiger partial charge in [-0.15, -0.1) is 0 Å². The summed E-state index contributed by atoms with van der Waals surface area (Å²) < 4.78 is 21.1. The van der Waals surface area contributed by atoms with Crippen molar-refractivity contribution >= 4 is 10.9 Å². The lowest BCUT2D eigenvalue weighted by molar-refractivity contribution is 0.410. The van der Waals surface area contributed by atoms with Crippen LogP contribution in [0.25, 0.3) is 22.3 Å². The van der Waals surface area contributed by atoms with E-state index in [1.54, 1.807) is 49.6 Å². The van der Waals surface area contributed by atoms with Crippen LogP contribution in [0.1, 0.15) is 5.56 Å². The number of rotatable bonds is 5. The summed E-state index contributed by atoms with van der Waals surface area (Å²) in [4.78, 5) is 17.7. The molecule has 28 heavy (non-hydrogen) atoms. The molecule has 0 spiro atoms. The van der Waals surface area contributed by atoms with E-state index in [-0.39, 0.29) is 16.9 Å². The van der Waals surface area contributed by atoms with Crippen LogP contribution in [-0.4, -0.2) is 16.8 Å². The quantitative estimate of drug-likeness (QED) is 0.574. The minimum Gasteiger partial charge on any atom is -0.496 e. The second-order valence-corrected chi connectivity index (χ2v) is 6.22. The van der Waals surface area contributed by atoms with Crippen molar-refractivity contribution in [2.75, 3.05) is 12.5 Å². The first-order chi connectivity index (χ1) is 13.7. The zero-order valence-electron chi connectivity index (χ0n) is 15.2. The topological polar surface area (TPSA) is 56.1 Å². The highest BCUT2D eigenvalue weighted by Crippen LogP contribution is 2.22. The lowest BCUT2D eigenvalue weighted by Crippen LogP contribution is -2.31. The van der Waals surface area contributed by atoms with E-state index in [2.05, 4.69) is 10.4 Å². The van der Waals surface area contributed by atoms with Gasteiger partial charge < -0.3 is 10.2 Å². The molecule has 0 atom stereocenters. The summed E-state index contributed by atoms with van der Waals surface area (Å²) in [5.41, 5.74) is 4.42. The molecule has 0 aliphatic carbocycles. The van der Waals surface area contributed by atoms with Gasteiger partial charge in [-0.25, -0.2) is 14.1 Å². The Hall–Kier alpha value is -3.67. The van der Waals surface area contributed by atoms with Gasteiger partial charge in [0.2, 0.25) is 0 Å². The minimum absolute atomic E-state index is 0.219. The molecule has 0 saturated carbocycles. The summed E-state index contributed by atoms with van der Waals surface area (Å²) in [5, 5.41) is 0.454. The van der Waals surface area contributed by atoms with Crippen molar-refractivity contribution in [2.45, 2.75) is 6.54 Å². The van der Waals surface area contributed by atoms with Gasteiger partial charge in [-0.05, 0) is 30.3 Å². The van der Waals surface area contributed by atoms with Crippen molar-refractivity contribution < 1.29 is 9.13 Å². The summed E-state index contributed by atoms with van der Waals surface area (Å²) in [6.07, 6.45) is 0. The lowest BCUT2D eigenvalue weighted by atomic mass is 10.1. The zero-order valence-corrected chi connectivity index (χ0v) is 15.2. The van der Waals surface area contributed by atoms with Crippen LogP contribution in [0.4, 0.5) is 4.39 Å². The normalized spacial score (nSPS) is 10.8. The number of nitrogens with zero attached hydrogens (tertiary/aromatic N) is 2. The molecule has 4 aromatic rings. The third-order valence-electron chi connectivity index (χ3n) is 4.51. The van der Waals surface area contributed by atoms with E-state index in [0.717, 1.165) is 5.56 Å². The first kappa shape index (κ1) is 17.7. The molecule has 0 amide bonds. The highest BCUT2D eigenvalue weighted by molar-refractivity contribution is 5.79.